The van der Waals surface area contributed by atoms with Crippen molar-refractivity contribution in [3.63, 3.8) is 0 Å². The summed E-state index contributed by atoms with van der Waals surface area (Å²) in [5.41, 5.74) is 2.68. The molecule has 0 aromatic heterocycles. The maximum absolute atomic E-state index is 11.6. The van der Waals surface area contributed by atoms with E-state index in [1.807, 2.05) is 13.8 Å². The van der Waals surface area contributed by atoms with E-state index in [0.717, 1.165) is 5.57 Å². The molecule has 2 unspecified atom stereocenters. The lowest BCUT2D eigenvalue weighted by molar-refractivity contribution is -0.00511. The van der Waals surface area contributed by atoms with Gasteiger partial charge in [-0.05, 0) is 25.5 Å². The summed E-state index contributed by atoms with van der Waals surface area (Å²) in [6.45, 7) is 3.39. The van der Waals surface area contributed by atoms with E-state index in [-0.39, 0.29) is 6.61 Å². The molecule has 6 nitrogen and oxygen atoms in total. The molecular weight excluding hydrogens is 258 g/mol. The summed E-state index contributed by atoms with van der Waals surface area (Å²) < 4.78 is 27.3. The van der Waals surface area contributed by atoms with Crippen LogP contribution in [0.1, 0.15) is 13.8 Å². The van der Waals surface area contributed by atoms with Gasteiger partial charge in [0.1, 0.15) is 20.1 Å². The van der Waals surface area contributed by atoms with Crippen molar-refractivity contribution >= 4 is 15.7 Å². The van der Waals surface area contributed by atoms with Gasteiger partial charge < -0.3 is 14.7 Å². The highest BCUT2D eigenvalue weighted by molar-refractivity contribution is 7.47. The zero-order valence-corrected chi connectivity index (χ0v) is 11.4. The molecular formula is C10H16BO6P. The fraction of sp³-hybridized carbons (Fsp3) is 0.700. The average Bonchev–Trinajstić information content (AvgIpc) is 2.67. The number of rotatable bonds is 2. The van der Waals surface area contributed by atoms with Gasteiger partial charge in [0.25, 0.3) is 0 Å². The van der Waals surface area contributed by atoms with Crippen LogP contribution >= 0.6 is 7.82 Å². The average molecular weight is 274 g/mol. The molecule has 2 aliphatic rings. The third kappa shape index (κ3) is 2.24. The van der Waals surface area contributed by atoms with Gasteiger partial charge in [0.05, 0.1) is 12.6 Å². The van der Waals surface area contributed by atoms with Crippen LogP contribution in [0.25, 0.3) is 0 Å². The van der Waals surface area contributed by atoms with E-state index in [9.17, 15) is 14.6 Å². The van der Waals surface area contributed by atoms with Crippen molar-refractivity contribution in [1.82, 2.24) is 0 Å². The van der Waals surface area contributed by atoms with Crippen LogP contribution in [0.4, 0.5) is 0 Å². The molecule has 8 heteroatoms. The molecule has 2 aliphatic heterocycles. The Morgan fingerprint density at radius 3 is 2.83 bits per heavy atom. The number of phosphoric ester groups is 1. The monoisotopic (exact) mass is 274 g/mol. The summed E-state index contributed by atoms with van der Waals surface area (Å²) in [5, 5.41) is 9.22. The van der Waals surface area contributed by atoms with E-state index in [4.69, 9.17) is 13.8 Å². The van der Waals surface area contributed by atoms with Gasteiger partial charge in [-0.1, -0.05) is 0 Å². The Hall–Kier alpha value is -0.385. The molecule has 0 aromatic carbocycles. The third-order valence-corrected chi connectivity index (χ3v) is 4.12. The molecule has 0 aromatic rings. The minimum atomic E-state index is -4.11. The summed E-state index contributed by atoms with van der Waals surface area (Å²) in [5.74, 6) is 0. The van der Waals surface area contributed by atoms with Crippen LogP contribution in [0.2, 0.25) is 0 Å². The molecule has 2 saturated heterocycles. The minimum Gasteiger partial charge on any atom is -0.394 e. The van der Waals surface area contributed by atoms with Crippen molar-refractivity contribution in [2.24, 2.45) is 0 Å². The van der Waals surface area contributed by atoms with E-state index in [1.165, 1.54) is 0 Å². The Balaban J connectivity index is 2.46. The smallest absolute Gasteiger partial charge is 0.394 e. The molecule has 2 heterocycles. The van der Waals surface area contributed by atoms with E-state index in [2.05, 4.69) is 5.73 Å². The van der Waals surface area contributed by atoms with Gasteiger partial charge in [0, 0.05) is 0 Å². The molecule has 0 spiro atoms. The summed E-state index contributed by atoms with van der Waals surface area (Å²) in [6.07, 6.45) is 0.0711. The number of hydrogen-bond acceptors (Lipinski definition) is 5. The van der Waals surface area contributed by atoms with E-state index in [1.54, 1.807) is 13.9 Å². The predicted octanol–water partition coefficient (Wildman–Crippen LogP) is -0.287. The van der Waals surface area contributed by atoms with Gasteiger partial charge in [-0.25, -0.2) is 4.57 Å². The Morgan fingerprint density at radius 2 is 2.28 bits per heavy atom. The molecule has 0 saturated carbocycles. The fourth-order valence-electron chi connectivity index (χ4n) is 2.22. The van der Waals surface area contributed by atoms with Crippen LogP contribution in [0, 0.1) is 0 Å². The molecule has 0 aliphatic carbocycles. The van der Waals surface area contributed by atoms with Gasteiger partial charge in [-0.3, -0.25) is 9.05 Å². The number of aliphatic hydroxyl groups excluding tert-OH is 1. The van der Waals surface area contributed by atoms with Crippen molar-refractivity contribution in [1.29, 1.82) is 0 Å². The maximum Gasteiger partial charge on any atom is 0.473 e. The second-order valence-corrected chi connectivity index (χ2v) is 6.06. The highest BCUT2D eigenvalue weighted by Gasteiger charge is 2.64. The van der Waals surface area contributed by atoms with Crippen LogP contribution in [-0.4, -0.2) is 48.3 Å². The highest BCUT2D eigenvalue weighted by Crippen LogP contribution is 2.61. The Bertz CT molecular complexity index is 455. The zero-order chi connectivity index (χ0) is 13.6. The lowest BCUT2D eigenvalue weighted by Crippen LogP contribution is -2.44. The quantitative estimate of drug-likeness (QED) is 0.409. The highest BCUT2D eigenvalue weighted by atomic mass is 31.2. The van der Waals surface area contributed by atoms with Gasteiger partial charge in [0.15, 0.2) is 5.60 Å². The van der Waals surface area contributed by atoms with Crippen LogP contribution in [-0.2, 0) is 18.3 Å². The molecule has 0 radical (unpaired) electrons. The molecule has 5 atom stereocenters. The standard InChI is InChI=1S/C10H16BO6P/c1-6(2)3-4-10-8(16-18(13,14)17-10)7(5-12)15-9(10)11/h4,7-9,12H,5,11H2,1-2H3,(H,13,14)/t7-,8?,9-,10-/m1/s1. The number of aliphatic hydroxyl groups is 1. The van der Waals surface area contributed by atoms with E-state index < -0.39 is 31.6 Å². The van der Waals surface area contributed by atoms with Crippen molar-refractivity contribution in [2.45, 2.75) is 37.7 Å². The topological polar surface area (TPSA) is 85.2 Å². The number of fused-ring (bicyclic) bond motifs is 1. The molecule has 18 heavy (non-hydrogen) atoms. The molecule has 0 bridgehead atoms. The van der Waals surface area contributed by atoms with Crippen molar-refractivity contribution in [3.8, 4) is 0 Å². The van der Waals surface area contributed by atoms with Crippen molar-refractivity contribution in [3.05, 3.63) is 17.4 Å². The van der Waals surface area contributed by atoms with Gasteiger partial charge >= 0.3 is 7.82 Å². The van der Waals surface area contributed by atoms with Crippen LogP contribution < -0.4 is 0 Å². The number of ether oxygens (including phenoxy) is 1. The maximum atomic E-state index is 11.6. The number of phosphoric acid groups is 1. The first-order valence-corrected chi connectivity index (χ1v) is 7.19. The zero-order valence-electron chi connectivity index (χ0n) is 10.5. The summed E-state index contributed by atoms with van der Waals surface area (Å²) >= 11 is 0. The third-order valence-electron chi connectivity index (χ3n) is 3.08. The van der Waals surface area contributed by atoms with Crippen molar-refractivity contribution in [2.75, 3.05) is 6.61 Å². The van der Waals surface area contributed by atoms with E-state index in [0.29, 0.717) is 0 Å². The molecule has 100 valence electrons. The van der Waals surface area contributed by atoms with Crippen LogP contribution in [0.5, 0.6) is 0 Å². The Morgan fingerprint density at radius 1 is 1.61 bits per heavy atom. The van der Waals surface area contributed by atoms with Crippen LogP contribution in [0.15, 0.2) is 17.4 Å². The minimum absolute atomic E-state index is 0.303. The molecule has 2 fully saturated rings. The molecule has 0 amide bonds. The molecule has 2 rings (SSSR count). The number of hydrogen-bond donors (Lipinski definition) is 2. The normalized spacial score (nSPS) is 46.6. The lowest BCUT2D eigenvalue weighted by atomic mass is 9.80. The summed E-state index contributed by atoms with van der Waals surface area (Å²) in [4.78, 5) is 9.48. The first kappa shape index (κ1) is 14.0. The lowest BCUT2D eigenvalue weighted by Gasteiger charge is -2.23. The largest absolute Gasteiger partial charge is 0.473 e. The Kier molecular flexibility index (Phi) is 3.60. The SMILES string of the molecule is B[C@@H]1O[C@H](CO)C2OP(=O)(O)O[C@]21C=C=C(C)C. The first-order chi connectivity index (χ1) is 8.31. The first-order valence-electron chi connectivity index (χ1n) is 5.70. The Labute approximate surface area is 106 Å². The van der Waals surface area contributed by atoms with Gasteiger partial charge in [-0.2, -0.15) is 0 Å². The van der Waals surface area contributed by atoms with Gasteiger partial charge in [-0.15, -0.1) is 5.73 Å². The van der Waals surface area contributed by atoms with E-state index >= 15 is 0 Å². The van der Waals surface area contributed by atoms with Crippen LogP contribution in [0.3, 0.4) is 0 Å². The molecule has 2 N–H and O–H groups in total. The second kappa shape index (κ2) is 4.62. The predicted molar refractivity (Wildman–Crippen MR) is 65.7 cm³/mol. The van der Waals surface area contributed by atoms with Gasteiger partial charge in [0.2, 0.25) is 0 Å². The summed E-state index contributed by atoms with van der Waals surface area (Å²) in [7, 11) is -2.40. The summed E-state index contributed by atoms with van der Waals surface area (Å²) in [6, 6.07) is -0.505. The van der Waals surface area contributed by atoms with Crippen molar-refractivity contribution < 1.29 is 28.3 Å². The fourth-order valence-corrected chi connectivity index (χ4v) is 3.56. The second-order valence-electron chi connectivity index (χ2n) is 4.73.